The van der Waals surface area contributed by atoms with Crippen LogP contribution in [0.5, 0.6) is 5.75 Å². The lowest BCUT2D eigenvalue weighted by atomic mass is 9.77. The lowest BCUT2D eigenvalue weighted by molar-refractivity contribution is -0.0947. The summed E-state index contributed by atoms with van der Waals surface area (Å²) >= 11 is 0. The molecule has 0 saturated heterocycles. The van der Waals surface area contributed by atoms with Crippen LogP contribution in [0.15, 0.2) is 66.4 Å². The van der Waals surface area contributed by atoms with Crippen molar-refractivity contribution in [1.29, 1.82) is 0 Å². The van der Waals surface area contributed by atoms with Crippen molar-refractivity contribution in [3.8, 4) is 5.75 Å². The Bertz CT molecular complexity index is 792. The molecular weight excluding hydrogens is 348 g/mol. The highest BCUT2D eigenvalue weighted by molar-refractivity contribution is 5.29. The largest absolute Gasteiger partial charge is 0.512 e. The molecule has 1 fully saturated rings. The van der Waals surface area contributed by atoms with E-state index < -0.39 is 0 Å². The average molecular weight is 379 g/mol. The van der Waals surface area contributed by atoms with Gasteiger partial charge in [-0.2, -0.15) is 0 Å². The van der Waals surface area contributed by atoms with Crippen LogP contribution in [0.25, 0.3) is 0 Å². The van der Waals surface area contributed by atoms with Gasteiger partial charge in [-0.1, -0.05) is 55.3 Å². The Balaban J connectivity index is 1.41. The summed E-state index contributed by atoms with van der Waals surface area (Å²) in [5.74, 6) is 1.96. The van der Waals surface area contributed by atoms with Gasteiger partial charge in [0.2, 0.25) is 0 Å². The van der Waals surface area contributed by atoms with Crippen molar-refractivity contribution >= 4 is 0 Å². The summed E-state index contributed by atoms with van der Waals surface area (Å²) in [6.07, 6.45) is 9.34. The highest BCUT2D eigenvalue weighted by Crippen LogP contribution is 2.44. The quantitative estimate of drug-likeness (QED) is 0.643. The van der Waals surface area contributed by atoms with Gasteiger partial charge in [0.25, 0.3) is 0 Å². The van der Waals surface area contributed by atoms with E-state index >= 15 is 0 Å². The van der Waals surface area contributed by atoms with E-state index in [9.17, 15) is 5.11 Å². The van der Waals surface area contributed by atoms with Crippen molar-refractivity contribution in [3.63, 3.8) is 0 Å². The molecule has 1 heterocycles. The van der Waals surface area contributed by atoms with Crippen molar-refractivity contribution < 1.29 is 14.6 Å². The van der Waals surface area contributed by atoms with Gasteiger partial charge < -0.3 is 14.6 Å². The zero-order chi connectivity index (χ0) is 19.2. The third kappa shape index (κ3) is 4.59. The van der Waals surface area contributed by atoms with Gasteiger partial charge in [0.05, 0.1) is 18.0 Å². The molecule has 0 bridgehead atoms. The molecule has 2 aliphatic rings. The van der Waals surface area contributed by atoms with Crippen LogP contribution >= 0.6 is 0 Å². The van der Waals surface area contributed by atoms with Gasteiger partial charge in [-0.3, -0.25) is 0 Å². The summed E-state index contributed by atoms with van der Waals surface area (Å²) in [5, 5.41) is 10.2. The topological polar surface area (TPSA) is 38.7 Å². The molecule has 1 N–H and O–H groups in total. The molecule has 2 aromatic rings. The predicted octanol–water partition coefficient (Wildman–Crippen LogP) is 5.99. The fraction of sp³-hybridized carbons (Fsp3) is 0.440. The SMILES string of the molecule is OC1=CCOC(CCc2cccc(OCc3ccccc3)c2)(C2CCCC2)C1. The highest BCUT2D eigenvalue weighted by atomic mass is 16.5. The number of hydrogen-bond acceptors (Lipinski definition) is 3. The van der Waals surface area contributed by atoms with Crippen LogP contribution < -0.4 is 4.74 Å². The zero-order valence-electron chi connectivity index (χ0n) is 16.5. The second-order valence-corrected chi connectivity index (χ2v) is 8.15. The molecule has 0 aromatic heterocycles. The minimum atomic E-state index is -0.212. The number of rotatable bonds is 7. The first-order chi connectivity index (χ1) is 13.7. The molecule has 148 valence electrons. The van der Waals surface area contributed by atoms with E-state index in [0.717, 1.165) is 18.6 Å². The molecule has 0 radical (unpaired) electrons. The monoisotopic (exact) mass is 378 g/mol. The van der Waals surface area contributed by atoms with Gasteiger partial charge in [-0.05, 0) is 60.9 Å². The summed E-state index contributed by atoms with van der Waals surface area (Å²) in [6.45, 7) is 1.11. The molecule has 3 nitrogen and oxygen atoms in total. The predicted molar refractivity (Wildman–Crippen MR) is 112 cm³/mol. The Morgan fingerprint density at radius 1 is 1.00 bits per heavy atom. The van der Waals surface area contributed by atoms with Crippen LogP contribution in [0.2, 0.25) is 0 Å². The Morgan fingerprint density at radius 3 is 2.57 bits per heavy atom. The maximum atomic E-state index is 10.2. The van der Waals surface area contributed by atoms with Gasteiger partial charge in [0.15, 0.2) is 0 Å². The fourth-order valence-corrected chi connectivity index (χ4v) is 4.70. The Hall–Kier alpha value is -2.26. The molecule has 1 atom stereocenters. The highest BCUT2D eigenvalue weighted by Gasteiger charge is 2.42. The number of benzene rings is 2. The zero-order valence-corrected chi connectivity index (χ0v) is 16.5. The summed E-state index contributed by atoms with van der Waals surface area (Å²) in [4.78, 5) is 0. The third-order valence-corrected chi connectivity index (χ3v) is 6.25. The second-order valence-electron chi connectivity index (χ2n) is 8.15. The summed E-state index contributed by atoms with van der Waals surface area (Å²) in [5.41, 5.74) is 2.22. The van der Waals surface area contributed by atoms with E-state index in [1.807, 2.05) is 30.3 Å². The van der Waals surface area contributed by atoms with E-state index in [1.54, 1.807) is 0 Å². The molecule has 4 rings (SSSR count). The Labute approximate surface area is 168 Å². The van der Waals surface area contributed by atoms with Crippen LogP contribution in [0, 0.1) is 5.92 Å². The number of aliphatic hydroxyl groups excluding tert-OH is 1. The molecule has 1 unspecified atom stereocenters. The van der Waals surface area contributed by atoms with Crippen molar-refractivity contribution in [1.82, 2.24) is 0 Å². The van der Waals surface area contributed by atoms with Crippen molar-refractivity contribution in [2.24, 2.45) is 5.92 Å². The molecule has 3 heteroatoms. The summed E-state index contributed by atoms with van der Waals surface area (Å²) in [7, 11) is 0. The molecule has 1 saturated carbocycles. The van der Waals surface area contributed by atoms with E-state index in [0.29, 0.717) is 31.3 Å². The van der Waals surface area contributed by atoms with Gasteiger partial charge in [-0.15, -0.1) is 0 Å². The first-order valence-electron chi connectivity index (χ1n) is 10.5. The van der Waals surface area contributed by atoms with Gasteiger partial charge >= 0.3 is 0 Å². The Morgan fingerprint density at radius 2 is 1.79 bits per heavy atom. The van der Waals surface area contributed by atoms with Crippen molar-refractivity contribution in [3.05, 3.63) is 77.6 Å². The first kappa shape index (κ1) is 19.1. The van der Waals surface area contributed by atoms with Crippen molar-refractivity contribution in [2.45, 2.75) is 57.2 Å². The molecule has 0 spiro atoms. The van der Waals surface area contributed by atoms with Gasteiger partial charge in [0.1, 0.15) is 12.4 Å². The number of aliphatic hydroxyl groups is 1. The third-order valence-electron chi connectivity index (χ3n) is 6.25. The van der Waals surface area contributed by atoms with E-state index in [1.165, 1.54) is 36.8 Å². The maximum Gasteiger partial charge on any atom is 0.120 e. The lowest BCUT2D eigenvalue weighted by Crippen LogP contribution is -2.43. The molecule has 1 aliphatic heterocycles. The van der Waals surface area contributed by atoms with Crippen LogP contribution in [0.3, 0.4) is 0 Å². The standard InChI is InChI=1S/C25H30O3/c26-23-14-16-28-25(18-23,22-10-4-5-11-22)15-13-20-9-6-12-24(17-20)27-19-21-7-2-1-3-8-21/h1-3,6-9,12,14,17,22,26H,4-5,10-11,13,15-16,18-19H2. The van der Waals surface area contributed by atoms with E-state index in [4.69, 9.17) is 9.47 Å². The molecule has 28 heavy (non-hydrogen) atoms. The maximum absolute atomic E-state index is 10.2. The fourth-order valence-electron chi connectivity index (χ4n) is 4.70. The van der Waals surface area contributed by atoms with E-state index in [-0.39, 0.29) is 5.60 Å². The second kappa shape index (κ2) is 8.83. The molecule has 1 aliphatic carbocycles. The van der Waals surface area contributed by atoms with Crippen LogP contribution in [0.1, 0.15) is 49.7 Å². The first-order valence-corrected chi connectivity index (χ1v) is 10.5. The molecule has 2 aromatic carbocycles. The summed E-state index contributed by atoms with van der Waals surface area (Å²) in [6, 6.07) is 18.6. The number of hydrogen-bond donors (Lipinski definition) is 1. The smallest absolute Gasteiger partial charge is 0.120 e. The van der Waals surface area contributed by atoms with E-state index in [2.05, 4.69) is 30.3 Å². The lowest BCUT2D eigenvalue weighted by Gasteiger charge is -2.41. The number of aryl methyl sites for hydroxylation is 1. The summed E-state index contributed by atoms with van der Waals surface area (Å²) < 4.78 is 12.3. The van der Waals surface area contributed by atoms with Crippen LogP contribution in [-0.2, 0) is 17.8 Å². The number of ether oxygens (including phenoxy) is 2. The molecular formula is C25H30O3. The minimum absolute atomic E-state index is 0.212. The minimum Gasteiger partial charge on any atom is -0.512 e. The average Bonchev–Trinajstić information content (AvgIpc) is 3.28. The van der Waals surface area contributed by atoms with Gasteiger partial charge in [-0.25, -0.2) is 0 Å². The van der Waals surface area contributed by atoms with Crippen LogP contribution in [0.4, 0.5) is 0 Å². The van der Waals surface area contributed by atoms with Crippen molar-refractivity contribution in [2.75, 3.05) is 6.61 Å². The molecule has 0 amide bonds. The normalized spacial score (nSPS) is 22.8. The van der Waals surface area contributed by atoms with Gasteiger partial charge in [0, 0.05) is 6.42 Å². The van der Waals surface area contributed by atoms with Crippen LogP contribution in [-0.4, -0.2) is 17.3 Å². The Kier molecular flexibility index (Phi) is 6.01.